The van der Waals surface area contributed by atoms with Crippen molar-refractivity contribution >= 4 is 23.2 Å². The van der Waals surface area contributed by atoms with Crippen LogP contribution in [0, 0.1) is 0 Å². The summed E-state index contributed by atoms with van der Waals surface area (Å²) in [6.07, 6.45) is 3.54. The molecule has 0 radical (unpaired) electrons. The first-order valence-corrected chi connectivity index (χ1v) is 8.48. The zero-order valence-corrected chi connectivity index (χ0v) is 14.6. The molecule has 27 heavy (non-hydrogen) atoms. The lowest BCUT2D eigenvalue weighted by molar-refractivity contribution is -0.114. The normalized spacial score (nSPS) is 16.3. The molecule has 1 unspecified atom stereocenters. The zero-order valence-electron chi connectivity index (χ0n) is 14.6. The molecule has 0 spiro atoms. The molecule has 0 fully saturated rings. The number of nitrogens with zero attached hydrogens (tertiary/aromatic N) is 2. The van der Waals surface area contributed by atoms with E-state index in [1.54, 1.807) is 36.6 Å². The van der Waals surface area contributed by atoms with Crippen molar-refractivity contribution in [2.75, 3.05) is 5.32 Å². The van der Waals surface area contributed by atoms with Gasteiger partial charge in [0.05, 0.1) is 18.6 Å². The summed E-state index contributed by atoms with van der Waals surface area (Å²) < 4.78 is 10.7. The highest BCUT2D eigenvalue weighted by Gasteiger charge is 2.35. The van der Waals surface area contributed by atoms with Gasteiger partial charge in [0, 0.05) is 19.0 Å². The lowest BCUT2D eigenvalue weighted by Gasteiger charge is -2.21. The van der Waals surface area contributed by atoms with Gasteiger partial charge in [0.25, 0.3) is 0 Å². The van der Waals surface area contributed by atoms with Crippen molar-refractivity contribution in [2.24, 2.45) is 5.10 Å². The Kier molecular flexibility index (Phi) is 4.33. The predicted molar refractivity (Wildman–Crippen MR) is 98.2 cm³/mol. The van der Waals surface area contributed by atoms with Crippen molar-refractivity contribution in [3.05, 3.63) is 78.1 Å². The van der Waals surface area contributed by atoms with Gasteiger partial charge in [-0.2, -0.15) is 5.10 Å². The second-order valence-corrected chi connectivity index (χ2v) is 6.17. The molecule has 1 aliphatic heterocycles. The third kappa shape index (κ3) is 3.39. The number of rotatable bonds is 4. The van der Waals surface area contributed by atoms with Gasteiger partial charge in [-0.05, 0) is 42.0 Å². The largest absolute Gasteiger partial charge is 0.463 e. The maximum absolute atomic E-state index is 12.9. The molecule has 1 N–H and O–H groups in total. The maximum Gasteiger partial charge on any atom is 0.310 e. The molecule has 4 rings (SSSR count). The minimum atomic E-state index is -0.322. The molecule has 2 aromatic heterocycles. The van der Waals surface area contributed by atoms with E-state index in [1.807, 2.05) is 18.2 Å². The number of nitrogens with one attached hydrogen (secondary N) is 1. The molecule has 1 atom stereocenters. The van der Waals surface area contributed by atoms with Gasteiger partial charge in [-0.25, -0.2) is 5.01 Å². The number of carbonyl (C=O) groups excluding carboxylic acids is 2. The van der Waals surface area contributed by atoms with Gasteiger partial charge in [-0.15, -0.1) is 0 Å². The van der Waals surface area contributed by atoms with E-state index in [1.165, 1.54) is 18.2 Å². The fraction of sp³-hybridized carbons (Fsp3) is 0.150. The average Bonchev–Trinajstić information content (AvgIpc) is 3.41. The van der Waals surface area contributed by atoms with E-state index in [2.05, 4.69) is 10.4 Å². The summed E-state index contributed by atoms with van der Waals surface area (Å²) in [5.74, 6) is 0.392. The Morgan fingerprint density at radius 3 is 2.44 bits per heavy atom. The van der Waals surface area contributed by atoms with E-state index < -0.39 is 0 Å². The van der Waals surface area contributed by atoms with Crippen LogP contribution in [0.3, 0.4) is 0 Å². The summed E-state index contributed by atoms with van der Waals surface area (Å²) in [5.41, 5.74) is 2.28. The van der Waals surface area contributed by atoms with E-state index in [0.29, 0.717) is 23.6 Å². The average molecular weight is 363 g/mol. The molecule has 0 aliphatic carbocycles. The van der Waals surface area contributed by atoms with Gasteiger partial charge in [0.1, 0.15) is 11.5 Å². The van der Waals surface area contributed by atoms with Crippen molar-refractivity contribution in [1.82, 2.24) is 5.01 Å². The number of hydrogen-bond donors (Lipinski definition) is 1. The van der Waals surface area contributed by atoms with Crippen LogP contribution < -0.4 is 5.32 Å². The van der Waals surface area contributed by atoms with Crippen molar-refractivity contribution in [3.8, 4) is 0 Å². The van der Waals surface area contributed by atoms with E-state index in [0.717, 1.165) is 5.56 Å². The lowest BCUT2D eigenvalue weighted by atomic mass is 10.0. The van der Waals surface area contributed by atoms with Crippen LogP contribution in [0.1, 0.15) is 41.3 Å². The number of amides is 2. The number of hydrazone groups is 1. The first-order chi connectivity index (χ1) is 13.1. The van der Waals surface area contributed by atoms with Crippen LogP contribution in [0.15, 0.2) is 75.0 Å². The number of carbonyl (C=O) groups is 2. The van der Waals surface area contributed by atoms with Crippen LogP contribution >= 0.6 is 0 Å². The van der Waals surface area contributed by atoms with Crippen LogP contribution in [0.25, 0.3) is 0 Å². The van der Waals surface area contributed by atoms with Crippen molar-refractivity contribution in [1.29, 1.82) is 0 Å². The molecule has 0 bridgehead atoms. The fourth-order valence-corrected chi connectivity index (χ4v) is 3.05. The van der Waals surface area contributed by atoms with Crippen molar-refractivity contribution < 1.29 is 18.4 Å². The quantitative estimate of drug-likeness (QED) is 0.763. The molecular weight excluding hydrogens is 346 g/mol. The van der Waals surface area contributed by atoms with Crippen LogP contribution in [0.2, 0.25) is 0 Å². The highest BCUT2D eigenvalue weighted by molar-refractivity contribution is 6.02. The van der Waals surface area contributed by atoms with Gasteiger partial charge < -0.3 is 14.2 Å². The molecule has 3 aromatic rings. The Morgan fingerprint density at radius 1 is 1.07 bits per heavy atom. The third-order valence-corrected chi connectivity index (χ3v) is 4.27. The van der Waals surface area contributed by atoms with E-state index >= 15 is 0 Å². The molecule has 3 heterocycles. The molecule has 2 amide bonds. The highest BCUT2D eigenvalue weighted by Crippen LogP contribution is 2.34. The minimum Gasteiger partial charge on any atom is -0.463 e. The van der Waals surface area contributed by atoms with Gasteiger partial charge in [0.2, 0.25) is 5.91 Å². The molecule has 7 nitrogen and oxygen atoms in total. The van der Waals surface area contributed by atoms with Crippen molar-refractivity contribution in [3.63, 3.8) is 0 Å². The van der Waals surface area contributed by atoms with E-state index in [-0.39, 0.29) is 23.6 Å². The number of furan rings is 2. The molecule has 136 valence electrons. The van der Waals surface area contributed by atoms with Crippen LogP contribution in [-0.4, -0.2) is 22.5 Å². The second kappa shape index (κ2) is 6.95. The smallest absolute Gasteiger partial charge is 0.310 e. The highest BCUT2D eigenvalue weighted by atomic mass is 16.3. The lowest BCUT2D eigenvalue weighted by Crippen LogP contribution is -2.26. The third-order valence-electron chi connectivity index (χ3n) is 4.27. The Morgan fingerprint density at radius 2 is 1.81 bits per heavy atom. The van der Waals surface area contributed by atoms with Crippen LogP contribution in [0.5, 0.6) is 0 Å². The molecule has 0 saturated heterocycles. The number of benzene rings is 1. The van der Waals surface area contributed by atoms with E-state index in [4.69, 9.17) is 8.83 Å². The van der Waals surface area contributed by atoms with Gasteiger partial charge >= 0.3 is 5.91 Å². The van der Waals surface area contributed by atoms with Gasteiger partial charge in [-0.1, -0.05) is 12.1 Å². The SMILES string of the molecule is CC(=O)Nc1ccc(C2CC(c3ccco3)=NN2C(=O)c2ccco2)cc1. The minimum absolute atomic E-state index is 0.137. The Balaban J connectivity index is 1.65. The van der Waals surface area contributed by atoms with Gasteiger partial charge in [-0.3, -0.25) is 9.59 Å². The number of hydrogen-bond acceptors (Lipinski definition) is 5. The van der Waals surface area contributed by atoms with E-state index in [9.17, 15) is 9.59 Å². The molecule has 1 aliphatic rings. The first kappa shape index (κ1) is 16.8. The summed E-state index contributed by atoms with van der Waals surface area (Å²) in [7, 11) is 0. The Labute approximate surface area is 155 Å². The summed E-state index contributed by atoms with van der Waals surface area (Å²) in [6.45, 7) is 1.46. The summed E-state index contributed by atoms with van der Waals surface area (Å²) >= 11 is 0. The molecule has 0 saturated carbocycles. The molecule has 1 aromatic carbocycles. The monoisotopic (exact) mass is 363 g/mol. The fourth-order valence-electron chi connectivity index (χ4n) is 3.05. The number of anilines is 1. The Hall–Kier alpha value is -3.61. The van der Waals surface area contributed by atoms with Crippen molar-refractivity contribution in [2.45, 2.75) is 19.4 Å². The molecule has 7 heteroatoms. The Bertz CT molecular complexity index is 973. The first-order valence-electron chi connectivity index (χ1n) is 8.48. The summed E-state index contributed by atoms with van der Waals surface area (Å²) in [4.78, 5) is 24.1. The summed E-state index contributed by atoms with van der Waals surface area (Å²) in [6, 6.07) is 13.9. The standard InChI is InChI=1S/C20H17N3O4/c1-13(24)21-15-8-6-14(7-9-15)17-12-16(18-4-2-10-26-18)22-23(17)20(25)19-5-3-11-27-19/h2-11,17H,12H2,1H3,(H,21,24). The molecular formula is C20H17N3O4. The van der Waals surface area contributed by atoms with Crippen LogP contribution in [0.4, 0.5) is 5.69 Å². The summed E-state index contributed by atoms with van der Waals surface area (Å²) in [5, 5.41) is 8.64. The second-order valence-electron chi connectivity index (χ2n) is 6.17. The topological polar surface area (TPSA) is 88.0 Å². The van der Waals surface area contributed by atoms with Crippen LogP contribution in [-0.2, 0) is 4.79 Å². The maximum atomic E-state index is 12.9. The predicted octanol–water partition coefficient (Wildman–Crippen LogP) is 3.82. The zero-order chi connectivity index (χ0) is 18.8. The van der Waals surface area contributed by atoms with Gasteiger partial charge in [0.15, 0.2) is 5.76 Å².